The Kier molecular flexibility index (Phi) is 4.39. The van der Waals surface area contributed by atoms with Crippen LogP contribution in [0.3, 0.4) is 0 Å². The van der Waals surface area contributed by atoms with Gasteiger partial charge in [-0.3, -0.25) is 10.1 Å². The van der Waals surface area contributed by atoms with E-state index in [1.54, 1.807) is 19.1 Å². The first kappa shape index (κ1) is 15.2. The molecule has 1 heterocycles. The van der Waals surface area contributed by atoms with Crippen molar-refractivity contribution in [1.82, 2.24) is 4.98 Å². The molecule has 0 atom stereocenters. The van der Waals surface area contributed by atoms with E-state index in [0.717, 1.165) is 11.3 Å². The van der Waals surface area contributed by atoms with Crippen molar-refractivity contribution in [3.63, 3.8) is 0 Å². The lowest BCUT2D eigenvalue weighted by atomic mass is 10.2. The summed E-state index contributed by atoms with van der Waals surface area (Å²) in [4.78, 5) is 25.9. The van der Waals surface area contributed by atoms with Gasteiger partial charge in [0.15, 0.2) is 10.0 Å². The normalized spacial score (nSPS) is 10.2. The number of esters is 1. The summed E-state index contributed by atoms with van der Waals surface area (Å²) < 4.78 is 9.93. The van der Waals surface area contributed by atoms with Crippen LogP contribution >= 0.6 is 22.9 Å². The third-order valence-electron chi connectivity index (χ3n) is 2.52. The zero-order valence-electron chi connectivity index (χ0n) is 11.0. The number of nitro benzene ring substituents is 1. The van der Waals surface area contributed by atoms with Gasteiger partial charge in [0.2, 0.25) is 5.75 Å². The third-order valence-corrected chi connectivity index (χ3v) is 3.82. The van der Waals surface area contributed by atoms with Crippen LogP contribution in [0.25, 0.3) is 0 Å². The van der Waals surface area contributed by atoms with Crippen molar-refractivity contribution in [2.45, 2.75) is 6.92 Å². The van der Waals surface area contributed by atoms with E-state index < -0.39 is 10.9 Å². The molecule has 110 valence electrons. The molecule has 0 saturated heterocycles. The molecule has 0 fully saturated rings. The Morgan fingerprint density at radius 1 is 1.48 bits per heavy atom. The third kappa shape index (κ3) is 3.11. The van der Waals surface area contributed by atoms with E-state index in [1.807, 2.05) is 0 Å². The van der Waals surface area contributed by atoms with Gasteiger partial charge in [0.05, 0.1) is 12.0 Å². The Bertz CT molecular complexity index is 716. The number of benzene rings is 1. The van der Waals surface area contributed by atoms with Crippen LogP contribution in [-0.2, 0) is 4.74 Å². The van der Waals surface area contributed by atoms with Crippen molar-refractivity contribution in [1.29, 1.82) is 0 Å². The van der Waals surface area contributed by atoms with Crippen molar-refractivity contribution in [3.8, 4) is 10.9 Å². The Morgan fingerprint density at radius 3 is 2.81 bits per heavy atom. The number of aromatic nitrogens is 1. The van der Waals surface area contributed by atoms with E-state index in [9.17, 15) is 14.9 Å². The van der Waals surface area contributed by atoms with Gasteiger partial charge >= 0.3 is 11.7 Å². The number of hydrogen-bond donors (Lipinski definition) is 0. The summed E-state index contributed by atoms with van der Waals surface area (Å²) in [7, 11) is 1.21. The maximum absolute atomic E-state index is 11.4. The standard InChI is InChI=1S/C12H9ClN2O5S/c1-6-4-3-5-7(8(6)15(17)18)20-12-14-10(13)9(21-12)11(16)19-2/h3-5H,1-2H3. The van der Waals surface area contributed by atoms with Gasteiger partial charge < -0.3 is 9.47 Å². The number of nitro groups is 1. The molecule has 0 amide bonds. The zero-order valence-corrected chi connectivity index (χ0v) is 12.5. The number of thiazole rings is 1. The fourth-order valence-corrected chi connectivity index (χ4v) is 2.65. The molecular formula is C12H9ClN2O5S. The molecule has 0 aliphatic carbocycles. The van der Waals surface area contributed by atoms with Crippen LogP contribution in [0, 0.1) is 17.0 Å². The number of methoxy groups -OCH3 is 1. The second-order valence-electron chi connectivity index (χ2n) is 3.87. The second-order valence-corrected chi connectivity index (χ2v) is 5.19. The van der Waals surface area contributed by atoms with Gasteiger partial charge in [0, 0.05) is 5.56 Å². The maximum Gasteiger partial charge on any atom is 0.351 e. The minimum absolute atomic E-state index is 0.0223. The Balaban J connectivity index is 2.38. The van der Waals surface area contributed by atoms with Crippen LogP contribution in [0.15, 0.2) is 18.2 Å². The Morgan fingerprint density at radius 2 is 2.19 bits per heavy atom. The fraction of sp³-hybridized carbons (Fsp3) is 0.167. The number of nitrogens with zero attached hydrogens (tertiary/aromatic N) is 2. The number of ether oxygens (including phenoxy) is 2. The summed E-state index contributed by atoms with van der Waals surface area (Å²) in [5.41, 5.74) is 0.289. The van der Waals surface area contributed by atoms with Gasteiger partial charge in [-0.15, -0.1) is 0 Å². The predicted octanol–water partition coefficient (Wildman–Crippen LogP) is 3.59. The molecule has 1 aromatic heterocycles. The fourth-order valence-electron chi connectivity index (χ4n) is 1.59. The first-order valence-electron chi connectivity index (χ1n) is 5.60. The van der Waals surface area contributed by atoms with Crippen molar-refractivity contribution in [2.24, 2.45) is 0 Å². The molecule has 0 unspecified atom stereocenters. The molecule has 0 bridgehead atoms. The molecule has 7 nitrogen and oxygen atoms in total. The largest absolute Gasteiger partial charge is 0.465 e. The van der Waals surface area contributed by atoms with Gasteiger partial charge in [-0.05, 0) is 13.0 Å². The van der Waals surface area contributed by atoms with E-state index in [2.05, 4.69) is 9.72 Å². The molecule has 21 heavy (non-hydrogen) atoms. The molecule has 2 rings (SSSR count). The van der Waals surface area contributed by atoms with Crippen LogP contribution in [0.1, 0.15) is 15.2 Å². The van der Waals surface area contributed by atoms with E-state index in [-0.39, 0.29) is 26.7 Å². The lowest BCUT2D eigenvalue weighted by Crippen LogP contribution is -1.98. The molecule has 0 saturated carbocycles. The summed E-state index contributed by atoms with van der Waals surface area (Å²) in [6.07, 6.45) is 0. The summed E-state index contributed by atoms with van der Waals surface area (Å²) in [6, 6.07) is 4.66. The average molecular weight is 329 g/mol. The lowest BCUT2D eigenvalue weighted by Gasteiger charge is -2.04. The highest BCUT2D eigenvalue weighted by Crippen LogP contribution is 2.37. The van der Waals surface area contributed by atoms with Crippen LogP contribution in [0.4, 0.5) is 5.69 Å². The van der Waals surface area contributed by atoms with E-state index >= 15 is 0 Å². The lowest BCUT2D eigenvalue weighted by molar-refractivity contribution is -0.386. The molecule has 9 heteroatoms. The van der Waals surface area contributed by atoms with Gasteiger partial charge in [-0.1, -0.05) is 35.1 Å². The van der Waals surface area contributed by atoms with Gasteiger partial charge in [-0.25, -0.2) is 4.79 Å². The molecule has 2 aromatic rings. The van der Waals surface area contributed by atoms with Crippen molar-refractivity contribution >= 4 is 34.6 Å². The van der Waals surface area contributed by atoms with Gasteiger partial charge in [0.1, 0.15) is 0 Å². The van der Waals surface area contributed by atoms with Crippen LogP contribution in [0.5, 0.6) is 10.9 Å². The SMILES string of the molecule is COC(=O)c1sc(Oc2cccc(C)c2[N+](=O)[O-])nc1Cl. The first-order chi connectivity index (χ1) is 9.93. The van der Waals surface area contributed by atoms with E-state index in [1.165, 1.54) is 13.2 Å². The minimum Gasteiger partial charge on any atom is -0.465 e. The maximum atomic E-state index is 11.4. The topological polar surface area (TPSA) is 91.6 Å². The smallest absolute Gasteiger partial charge is 0.351 e. The van der Waals surface area contributed by atoms with Crippen molar-refractivity contribution in [3.05, 3.63) is 43.9 Å². The van der Waals surface area contributed by atoms with E-state index in [4.69, 9.17) is 16.3 Å². The summed E-state index contributed by atoms with van der Waals surface area (Å²) in [5, 5.41) is 11.0. The van der Waals surface area contributed by atoms with Crippen molar-refractivity contribution in [2.75, 3.05) is 7.11 Å². The number of carbonyl (C=O) groups is 1. The number of para-hydroxylation sites is 1. The number of carbonyl (C=O) groups excluding carboxylic acids is 1. The van der Waals surface area contributed by atoms with Crippen LogP contribution < -0.4 is 4.74 Å². The summed E-state index contributed by atoms with van der Waals surface area (Å²) >= 11 is 6.65. The predicted molar refractivity (Wildman–Crippen MR) is 76.4 cm³/mol. The molecule has 0 aliphatic heterocycles. The molecular weight excluding hydrogens is 320 g/mol. The number of aryl methyl sites for hydroxylation is 1. The van der Waals surface area contributed by atoms with E-state index in [0.29, 0.717) is 5.56 Å². The molecule has 0 aliphatic rings. The average Bonchev–Trinajstić information content (AvgIpc) is 2.78. The molecule has 0 N–H and O–H groups in total. The zero-order chi connectivity index (χ0) is 15.6. The monoisotopic (exact) mass is 328 g/mol. The van der Waals surface area contributed by atoms with Crippen molar-refractivity contribution < 1.29 is 19.2 Å². The van der Waals surface area contributed by atoms with Crippen LogP contribution in [-0.4, -0.2) is 23.0 Å². The number of hydrogen-bond acceptors (Lipinski definition) is 7. The molecule has 1 aromatic carbocycles. The number of halogens is 1. The highest BCUT2D eigenvalue weighted by atomic mass is 35.5. The Hall–Kier alpha value is -2.19. The van der Waals surface area contributed by atoms with Gasteiger partial charge in [0.25, 0.3) is 5.19 Å². The highest BCUT2D eigenvalue weighted by Gasteiger charge is 2.23. The van der Waals surface area contributed by atoms with Gasteiger partial charge in [-0.2, -0.15) is 4.98 Å². The Labute approximate surface area is 128 Å². The highest BCUT2D eigenvalue weighted by molar-refractivity contribution is 7.15. The quantitative estimate of drug-likeness (QED) is 0.484. The molecule has 0 spiro atoms. The second kappa shape index (κ2) is 6.06. The summed E-state index contributed by atoms with van der Waals surface area (Å²) in [6.45, 7) is 1.60. The molecule has 0 radical (unpaired) electrons. The number of rotatable bonds is 4. The first-order valence-corrected chi connectivity index (χ1v) is 6.80. The summed E-state index contributed by atoms with van der Waals surface area (Å²) in [5.74, 6) is -0.618. The van der Waals surface area contributed by atoms with Crippen LogP contribution in [0.2, 0.25) is 5.15 Å². The minimum atomic E-state index is -0.647.